The van der Waals surface area contributed by atoms with Crippen molar-refractivity contribution >= 4 is 38.9 Å². The monoisotopic (exact) mass is 406 g/mol. The summed E-state index contributed by atoms with van der Waals surface area (Å²) < 4.78 is 38.5. The molecule has 1 amide bonds. The Kier molecular flexibility index (Phi) is 5.46. The second-order valence-corrected chi connectivity index (χ2v) is 6.99. The van der Waals surface area contributed by atoms with E-state index in [4.69, 9.17) is 0 Å². The van der Waals surface area contributed by atoms with Gasteiger partial charge in [0.25, 0.3) is 0 Å². The van der Waals surface area contributed by atoms with Crippen LogP contribution in [-0.4, -0.2) is 10.9 Å². The second-order valence-electron chi connectivity index (χ2n) is 5.25. The maximum atomic E-state index is 12.8. The van der Waals surface area contributed by atoms with E-state index in [1.54, 1.807) is 5.38 Å². The van der Waals surface area contributed by atoms with E-state index >= 15 is 0 Å². The van der Waals surface area contributed by atoms with E-state index in [2.05, 4.69) is 26.2 Å². The van der Waals surface area contributed by atoms with Crippen molar-refractivity contribution in [3.8, 4) is 0 Å². The molecule has 0 bridgehead atoms. The van der Waals surface area contributed by atoms with Crippen LogP contribution in [0.15, 0.2) is 28.1 Å². The first kappa shape index (κ1) is 17.9. The Labute approximate surface area is 144 Å². The van der Waals surface area contributed by atoms with E-state index in [-0.39, 0.29) is 22.5 Å². The molecule has 0 unspecified atom stereocenters. The number of thiazole rings is 1. The van der Waals surface area contributed by atoms with Gasteiger partial charge in [0.2, 0.25) is 5.91 Å². The fourth-order valence-electron chi connectivity index (χ4n) is 1.86. The highest BCUT2D eigenvalue weighted by molar-refractivity contribution is 9.10. The summed E-state index contributed by atoms with van der Waals surface area (Å²) in [6, 6.07) is 3.58. The molecule has 2 rings (SSSR count). The van der Waals surface area contributed by atoms with Crippen molar-refractivity contribution in [2.24, 2.45) is 0 Å². The van der Waals surface area contributed by atoms with Gasteiger partial charge in [-0.25, -0.2) is 4.98 Å². The summed E-state index contributed by atoms with van der Waals surface area (Å²) in [4.78, 5) is 16.3. The van der Waals surface area contributed by atoms with Crippen molar-refractivity contribution in [1.29, 1.82) is 0 Å². The highest BCUT2D eigenvalue weighted by Gasteiger charge is 2.33. The third-order valence-corrected chi connectivity index (χ3v) is 4.85. The maximum Gasteiger partial charge on any atom is 0.417 e. The van der Waals surface area contributed by atoms with Gasteiger partial charge in [-0.1, -0.05) is 29.8 Å². The van der Waals surface area contributed by atoms with Gasteiger partial charge in [0, 0.05) is 21.5 Å². The van der Waals surface area contributed by atoms with Crippen LogP contribution < -0.4 is 5.32 Å². The number of carbonyl (C=O) groups is 1. The molecule has 0 aliphatic rings. The van der Waals surface area contributed by atoms with Crippen LogP contribution in [0.25, 0.3) is 0 Å². The summed E-state index contributed by atoms with van der Waals surface area (Å²) in [5.74, 6) is -0.126. The molecule has 0 atom stereocenters. The molecular weight excluding hydrogens is 393 g/mol. The van der Waals surface area contributed by atoms with Crippen LogP contribution in [0.2, 0.25) is 0 Å². The normalized spacial score (nSPS) is 11.8. The standard InChI is InChI=1S/C15H14BrF3N2OS/c1-8(2)14-21-10(7-23-14)6-13(22)20-9-3-4-12(16)11(5-9)15(17,18)19/h3-5,7-8H,6H2,1-2H3,(H,20,22). The maximum absolute atomic E-state index is 12.8. The van der Waals surface area contributed by atoms with Crippen LogP contribution in [0.1, 0.15) is 36.0 Å². The molecule has 0 aliphatic carbocycles. The molecule has 124 valence electrons. The summed E-state index contributed by atoms with van der Waals surface area (Å²) in [6.45, 7) is 4.01. The number of alkyl halides is 3. The minimum Gasteiger partial charge on any atom is -0.326 e. The van der Waals surface area contributed by atoms with Gasteiger partial charge in [0.15, 0.2) is 0 Å². The molecule has 1 aromatic heterocycles. The molecule has 2 aromatic rings. The zero-order valence-electron chi connectivity index (χ0n) is 12.4. The summed E-state index contributed by atoms with van der Waals surface area (Å²) in [7, 11) is 0. The third kappa shape index (κ3) is 4.78. The summed E-state index contributed by atoms with van der Waals surface area (Å²) in [6.07, 6.45) is -4.46. The summed E-state index contributed by atoms with van der Waals surface area (Å²) in [5.41, 5.74) is -0.111. The van der Waals surface area contributed by atoms with Gasteiger partial charge < -0.3 is 5.32 Å². The fraction of sp³-hybridized carbons (Fsp3) is 0.333. The van der Waals surface area contributed by atoms with Crippen molar-refractivity contribution in [3.63, 3.8) is 0 Å². The lowest BCUT2D eigenvalue weighted by molar-refractivity contribution is -0.138. The minimum absolute atomic E-state index is 0.0284. The van der Waals surface area contributed by atoms with Gasteiger partial charge in [0.1, 0.15) is 0 Å². The summed E-state index contributed by atoms with van der Waals surface area (Å²) >= 11 is 4.33. The molecule has 0 saturated heterocycles. The molecule has 8 heteroatoms. The molecule has 1 aromatic carbocycles. The van der Waals surface area contributed by atoms with E-state index in [0.29, 0.717) is 5.69 Å². The van der Waals surface area contributed by atoms with Gasteiger partial charge in [-0.3, -0.25) is 4.79 Å². The van der Waals surface area contributed by atoms with Gasteiger partial charge >= 0.3 is 6.18 Å². The number of rotatable bonds is 4. The van der Waals surface area contributed by atoms with E-state index in [9.17, 15) is 18.0 Å². The highest BCUT2D eigenvalue weighted by Crippen LogP contribution is 2.36. The Morgan fingerprint density at radius 3 is 2.65 bits per heavy atom. The molecular formula is C15H14BrF3N2OS. The molecule has 0 fully saturated rings. The van der Waals surface area contributed by atoms with Gasteiger partial charge in [0.05, 0.1) is 22.7 Å². The van der Waals surface area contributed by atoms with Crippen LogP contribution in [0, 0.1) is 0 Å². The predicted octanol–water partition coefficient (Wildman–Crippen LogP) is 5.23. The number of amides is 1. The number of anilines is 1. The predicted molar refractivity (Wildman–Crippen MR) is 87.7 cm³/mol. The van der Waals surface area contributed by atoms with Crippen LogP contribution in [-0.2, 0) is 17.4 Å². The van der Waals surface area contributed by atoms with Gasteiger partial charge in [-0.15, -0.1) is 11.3 Å². The highest BCUT2D eigenvalue weighted by atomic mass is 79.9. The van der Waals surface area contributed by atoms with Gasteiger partial charge in [-0.2, -0.15) is 13.2 Å². The first-order chi connectivity index (χ1) is 10.7. The smallest absolute Gasteiger partial charge is 0.326 e. The number of halogens is 4. The topological polar surface area (TPSA) is 42.0 Å². The molecule has 1 N–H and O–H groups in total. The SMILES string of the molecule is CC(C)c1nc(CC(=O)Nc2ccc(Br)c(C(F)(F)F)c2)cs1. The molecule has 0 spiro atoms. The molecule has 0 aliphatic heterocycles. The second kappa shape index (κ2) is 7.00. The number of nitrogens with one attached hydrogen (secondary N) is 1. The molecule has 0 saturated carbocycles. The molecule has 1 heterocycles. The lowest BCUT2D eigenvalue weighted by atomic mass is 10.2. The van der Waals surface area contributed by atoms with Crippen LogP contribution >= 0.6 is 27.3 Å². The van der Waals surface area contributed by atoms with Crippen molar-refractivity contribution in [2.75, 3.05) is 5.32 Å². The Hall–Kier alpha value is -1.41. The summed E-state index contributed by atoms with van der Waals surface area (Å²) in [5, 5.41) is 5.19. The quantitative estimate of drug-likeness (QED) is 0.754. The molecule has 0 radical (unpaired) electrons. The first-order valence-corrected chi connectivity index (χ1v) is 8.45. The largest absolute Gasteiger partial charge is 0.417 e. The average Bonchev–Trinajstić information content (AvgIpc) is 2.88. The van der Waals surface area contributed by atoms with Crippen molar-refractivity contribution < 1.29 is 18.0 Å². The first-order valence-electron chi connectivity index (χ1n) is 6.77. The Morgan fingerprint density at radius 2 is 2.09 bits per heavy atom. The Balaban J connectivity index is 2.08. The van der Waals surface area contributed by atoms with Crippen molar-refractivity contribution in [1.82, 2.24) is 4.98 Å². The van der Waals surface area contributed by atoms with Gasteiger partial charge in [-0.05, 0) is 18.2 Å². The average molecular weight is 407 g/mol. The van der Waals surface area contributed by atoms with Crippen LogP contribution in [0.5, 0.6) is 0 Å². The lowest BCUT2D eigenvalue weighted by Gasteiger charge is -2.11. The van der Waals surface area contributed by atoms with Crippen molar-refractivity contribution in [3.05, 3.63) is 44.3 Å². The van der Waals surface area contributed by atoms with E-state index in [1.807, 2.05) is 13.8 Å². The lowest BCUT2D eigenvalue weighted by Crippen LogP contribution is -2.15. The van der Waals surface area contributed by atoms with Crippen LogP contribution in [0.4, 0.5) is 18.9 Å². The van der Waals surface area contributed by atoms with Crippen LogP contribution in [0.3, 0.4) is 0 Å². The minimum atomic E-state index is -4.49. The zero-order chi connectivity index (χ0) is 17.2. The Morgan fingerprint density at radius 1 is 1.39 bits per heavy atom. The number of hydrogen-bond acceptors (Lipinski definition) is 3. The molecule has 3 nitrogen and oxygen atoms in total. The Bertz CT molecular complexity index is 713. The molecule has 23 heavy (non-hydrogen) atoms. The fourth-order valence-corrected chi connectivity index (χ4v) is 3.17. The third-order valence-electron chi connectivity index (χ3n) is 2.96. The van der Waals surface area contributed by atoms with E-state index < -0.39 is 17.6 Å². The number of nitrogens with zero attached hydrogens (tertiary/aromatic N) is 1. The van der Waals surface area contributed by atoms with E-state index in [0.717, 1.165) is 11.1 Å². The number of hydrogen-bond donors (Lipinski definition) is 1. The zero-order valence-corrected chi connectivity index (χ0v) is 14.8. The number of carbonyl (C=O) groups excluding carboxylic acids is 1. The van der Waals surface area contributed by atoms with E-state index in [1.165, 1.54) is 23.5 Å². The number of aromatic nitrogens is 1. The number of benzene rings is 1. The van der Waals surface area contributed by atoms with Crippen molar-refractivity contribution in [2.45, 2.75) is 32.4 Å².